The van der Waals surface area contributed by atoms with Crippen molar-refractivity contribution in [1.29, 1.82) is 0 Å². The van der Waals surface area contributed by atoms with Gasteiger partial charge in [-0.3, -0.25) is 0 Å². The van der Waals surface area contributed by atoms with Crippen LogP contribution in [0.2, 0.25) is 0 Å². The molecule has 0 aliphatic carbocycles. The third kappa shape index (κ3) is 3.12. The summed E-state index contributed by atoms with van der Waals surface area (Å²) in [6, 6.07) is 0. The lowest BCUT2D eigenvalue weighted by atomic mass is 9.86. The van der Waals surface area contributed by atoms with E-state index in [1.54, 1.807) is 6.08 Å². The van der Waals surface area contributed by atoms with Gasteiger partial charge >= 0.3 is 0 Å². The lowest BCUT2D eigenvalue weighted by Crippen LogP contribution is -2.21. The van der Waals surface area contributed by atoms with Crippen LogP contribution in [0.25, 0.3) is 0 Å². The summed E-state index contributed by atoms with van der Waals surface area (Å²) < 4.78 is 11.1. The highest BCUT2D eigenvalue weighted by Gasteiger charge is 2.29. The molecule has 0 aromatic carbocycles. The maximum atomic E-state index is 5.61. The van der Waals surface area contributed by atoms with Crippen LogP contribution in [0.1, 0.15) is 33.6 Å². The third-order valence-electron chi connectivity index (χ3n) is 2.71. The molecule has 0 radical (unpaired) electrons. The molecule has 0 N–H and O–H groups in total. The van der Waals surface area contributed by atoms with Gasteiger partial charge in [0, 0.05) is 6.42 Å². The molecule has 2 heteroatoms. The maximum Gasteiger partial charge on any atom is 0.159 e. The van der Waals surface area contributed by atoms with Gasteiger partial charge in [0.1, 0.15) is 6.10 Å². The minimum atomic E-state index is -0.0297. The van der Waals surface area contributed by atoms with Gasteiger partial charge < -0.3 is 9.47 Å². The monoisotopic (exact) mass is 184 g/mol. The highest BCUT2D eigenvalue weighted by molar-refractivity contribution is 4.84. The van der Waals surface area contributed by atoms with Crippen molar-refractivity contribution in [2.24, 2.45) is 5.41 Å². The molecule has 1 rings (SSSR count). The third-order valence-corrected chi connectivity index (χ3v) is 2.71. The van der Waals surface area contributed by atoms with Gasteiger partial charge in [-0.1, -0.05) is 33.3 Å². The molecule has 76 valence electrons. The fourth-order valence-corrected chi connectivity index (χ4v) is 1.30. The second kappa shape index (κ2) is 4.25. The van der Waals surface area contributed by atoms with Crippen LogP contribution in [-0.2, 0) is 9.47 Å². The standard InChI is InChI=1S/C11H20O2/c1-5-9-8-12-10(13-9)7-11(3,4)6-2/h5,9-10H,1,6-8H2,2-4H3. The topological polar surface area (TPSA) is 18.5 Å². The second-order valence-electron chi connectivity index (χ2n) is 4.40. The molecule has 1 aliphatic heterocycles. The number of rotatable bonds is 4. The minimum absolute atomic E-state index is 0.0297. The lowest BCUT2D eigenvalue weighted by molar-refractivity contribution is -0.0761. The normalized spacial score (nSPS) is 29.2. The number of ether oxygens (including phenoxy) is 2. The molecular formula is C11H20O2. The SMILES string of the molecule is C=CC1COC(CC(C)(C)CC)O1. The molecule has 0 aromatic rings. The van der Waals surface area contributed by atoms with Gasteiger partial charge in [-0.25, -0.2) is 0 Å². The molecule has 2 atom stereocenters. The fourth-order valence-electron chi connectivity index (χ4n) is 1.30. The van der Waals surface area contributed by atoms with E-state index >= 15 is 0 Å². The lowest BCUT2D eigenvalue weighted by Gasteiger charge is -2.25. The average Bonchev–Trinajstić information content (AvgIpc) is 2.52. The van der Waals surface area contributed by atoms with Crippen molar-refractivity contribution >= 4 is 0 Å². The summed E-state index contributed by atoms with van der Waals surface area (Å²) in [4.78, 5) is 0. The number of hydrogen-bond donors (Lipinski definition) is 0. The van der Waals surface area contributed by atoms with E-state index in [2.05, 4.69) is 27.4 Å². The van der Waals surface area contributed by atoms with E-state index in [0.29, 0.717) is 12.0 Å². The summed E-state index contributed by atoms with van der Waals surface area (Å²) >= 11 is 0. The van der Waals surface area contributed by atoms with Crippen molar-refractivity contribution in [1.82, 2.24) is 0 Å². The van der Waals surface area contributed by atoms with Crippen molar-refractivity contribution in [2.75, 3.05) is 6.61 Å². The smallest absolute Gasteiger partial charge is 0.159 e. The zero-order valence-corrected chi connectivity index (χ0v) is 8.88. The van der Waals surface area contributed by atoms with Gasteiger partial charge in [-0.05, 0) is 5.41 Å². The molecule has 13 heavy (non-hydrogen) atoms. The largest absolute Gasteiger partial charge is 0.350 e. The molecule has 0 bridgehead atoms. The summed E-state index contributed by atoms with van der Waals surface area (Å²) in [6.07, 6.45) is 3.98. The summed E-state index contributed by atoms with van der Waals surface area (Å²) in [6.45, 7) is 11.0. The zero-order valence-electron chi connectivity index (χ0n) is 8.88. The van der Waals surface area contributed by atoms with Crippen molar-refractivity contribution in [3.8, 4) is 0 Å². The molecule has 2 nitrogen and oxygen atoms in total. The molecule has 0 amide bonds. The van der Waals surface area contributed by atoms with Crippen molar-refractivity contribution in [3.05, 3.63) is 12.7 Å². The van der Waals surface area contributed by atoms with Crippen molar-refractivity contribution < 1.29 is 9.47 Å². The van der Waals surface area contributed by atoms with E-state index in [0.717, 1.165) is 12.8 Å². The molecule has 1 aliphatic rings. The van der Waals surface area contributed by atoms with Crippen LogP contribution >= 0.6 is 0 Å². The first-order valence-corrected chi connectivity index (χ1v) is 4.97. The van der Waals surface area contributed by atoms with Crippen molar-refractivity contribution in [3.63, 3.8) is 0 Å². The van der Waals surface area contributed by atoms with Crippen LogP contribution in [0.5, 0.6) is 0 Å². The predicted octanol–water partition coefficient (Wildman–Crippen LogP) is 2.74. The van der Waals surface area contributed by atoms with E-state index in [9.17, 15) is 0 Å². The van der Waals surface area contributed by atoms with Gasteiger partial charge in [0.25, 0.3) is 0 Å². The second-order valence-corrected chi connectivity index (χ2v) is 4.40. The zero-order chi connectivity index (χ0) is 9.90. The van der Waals surface area contributed by atoms with Gasteiger partial charge in [-0.15, -0.1) is 6.58 Å². The Morgan fingerprint density at radius 1 is 1.54 bits per heavy atom. The fraction of sp³-hybridized carbons (Fsp3) is 0.818. The summed E-state index contributed by atoms with van der Waals surface area (Å²) in [5, 5.41) is 0. The van der Waals surface area contributed by atoms with Gasteiger partial charge in [-0.2, -0.15) is 0 Å². The Bertz CT molecular complexity index is 175. The summed E-state index contributed by atoms with van der Waals surface area (Å²) in [5.74, 6) is 0. The molecule has 2 unspecified atom stereocenters. The first kappa shape index (κ1) is 10.7. The Hall–Kier alpha value is -0.340. The average molecular weight is 184 g/mol. The Morgan fingerprint density at radius 2 is 2.23 bits per heavy atom. The van der Waals surface area contributed by atoms with E-state index in [1.165, 1.54) is 0 Å². The first-order valence-electron chi connectivity index (χ1n) is 4.97. The van der Waals surface area contributed by atoms with Gasteiger partial charge in [0.05, 0.1) is 6.61 Å². The predicted molar refractivity (Wildman–Crippen MR) is 53.5 cm³/mol. The summed E-state index contributed by atoms with van der Waals surface area (Å²) in [5.41, 5.74) is 0.306. The van der Waals surface area contributed by atoms with Crippen LogP contribution in [0.3, 0.4) is 0 Å². The Morgan fingerprint density at radius 3 is 2.69 bits per heavy atom. The van der Waals surface area contributed by atoms with Crippen LogP contribution in [0.15, 0.2) is 12.7 Å². The molecular weight excluding hydrogens is 164 g/mol. The van der Waals surface area contributed by atoms with E-state index in [4.69, 9.17) is 9.47 Å². The van der Waals surface area contributed by atoms with Gasteiger partial charge in [0.2, 0.25) is 0 Å². The van der Waals surface area contributed by atoms with Crippen LogP contribution in [0.4, 0.5) is 0 Å². The molecule has 0 aromatic heterocycles. The van der Waals surface area contributed by atoms with Crippen LogP contribution < -0.4 is 0 Å². The Balaban J connectivity index is 2.35. The highest BCUT2D eigenvalue weighted by atomic mass is 16.7. The van der Waals surface area contributed by atoms with E-state index < -0.39 is 0 Å². The molecule has 0 spiro atoms. The molecule has 1 fully saturated rings. The van der Waals surface area contributed by atoms with Gasteiger partial charge in [0.15, 0.2) is 6.29 Å². The first-order chi connectivity index (χ1) is 6.07. The minimum Gasteiger partial charge on any atom is -0.350 e. The summed E-state index contributed by atoms with van der Waals surface area (Å²) in [7, 11) is 0. The molecule has 0 saturated carbocycles. The quantitative estimate of drug-likeness (QED) is 0.625. The Kier molecular flexibility index (Phi) is 3.51. The Labute approximate surface area is 80.9 Å². The van der Waals surface area contributed by atoms with E-state index in [1.807, 2.05) is 0 Å². The highest BCUT2D eigenvalue weighted by Crippen LogP contribution is 2.30. The van der Waals surface area contributed by atoms with E-state index in [-0.39, 0.29) is 12.4 Å². The van der Waals surface area contributed by atoms with Crippen molar-refractivity contribution in [2.45, 2.75) is 46.0 Å². The van der Waals surface area contributed by atoms with Crippen LogP contribution in [0, 0.1) is 5.41 Å². The maximum absolute atomic E-state index is 5.61. The number of hydrogen-bond acceptors (Lipinski definition) is 2. The van der Waals surface area contributed by atoms with Crippen LogP contribution in [-0.4, -0.2) is 19.0 Å². The molecule has 1 heterocycles. The molecule has 1 saturated heterocycles.